The number of carbonyl (C=O) groups is 2. The molecule has 2 aliphatic carbocycles. The Labute approximate surface area is 131 Å². The van der Waals surface area contributed by atoms with Gasteiger partial charge in [-0.2, -0.15) is 0 Å². The number of ketones is 1. The van der Waals surface area contributed by atoms with Gasteiger partial charge in [-0.05, 0) is 26.2 Å². The molecular weight excluding hydrogens is 280 g/mol. The molecule has 4 heteroatoms. The number of rotatable bonds is 2. The van der Waals surface area contributed by atoms with Crippen LogP contribution in [0.5, 0.6) is 0 Å². The maximum atomic E-state index is 12.2. The maximum absolute atomic E-state index is 12.2. The molecule has 6 atom stereocenters. The fourth-order valence-corrected chi connectivity index (χ4v) is 4.41. The minimum Gasteiger partial charge on any atom is -0.458 e. The number of Topliss-reactive ketones (excluding diaryl/α,β-unsaturated/α-hetero) is 1. The Balaban J connectivity index is 2.01. The highest BCUT2D eigenvalue weighted by Gasteiger charge is 2.57. The highest BCUT2D eigenvalue weighted by molar-refractivity contribution is 5.91. The van der Waals surface area contributed by atoms with Crippen molar-refractivity contribution in [2.45, 2.75) is 51.9 Å². The molecule has 3 fully saturated rings. The molecule has 1 heterocycles. The molecule has 22 heavy (non-hydrogen) atoms. The van der Waals surface area contributed by atoms with Crippen LogP contribution in [0, 0.1) is 23.7 Å². The van der Waals surface area contributed by atoms with Gasteiger partial charge in [-0.15, -0.1) is 0 Å². The lowest BCUT2D eigenvalue weighted by molar-refractivity contribution is -0.144. The lowest BCUT2D eigenvalue weighted by Crippen LogP contribution is -2.37. The summed E-state index contributed by atoms with van der Waals surface area (Å²) in [6.07, 6.45) is 0.764. The first-order valence-electron chi connectivity index (χ1n) is 8.06. The van der Waals surface area contributed by atoms with Gasteiger partial charge in [0.1, 0.15) is 11.9 Å². The number of carbonyl (C=O) groups excluding carboxylic acids is 2. The Kier molecular flexibility index (Phi) is 3.76. The maximum Gasteiger partial charge on any atom is 0.334 e. The predicted octanol–water partition coefficient (Wildman–Crippen LogP) is 2.68. The zero-order valence-corrected chi connectivity index (χ0v) is 13.5. The molecule has 0 bridgehead atoms. The van der Waals surface area contributed by atoms with Crippen LogP contribution in [-0.2, 0) is 19.1 Å². The molecular formula is C18H24O4. The Hall–Kier alpha value is -1.42. The van der Waals surface area contributed by atoms with Crippen LogP contribution in [0.1, 0.15) is 33.6 Å². The van der Waals surface area contributed by atoms with Gasteiger partial charge in [0, 0.05) is 23.8 Å². The minimum atomic E-state index is -0.342. The molecule has 0 amide bonds. The monoisotopic (exact) mass is 304 g/mol. The first-order chi connectivity index (χ1) is 10.3. The molecule has 120 valence electrons. The fraction of sp³-hybridized carbons (Fsp3) is 0.667. The van der Waals surface area contributed by atoms with Crippen molar-refractivity contribution in [2.75, 3.05) is 0 Å². The molecule has 0 aromatic carbocycles. The minimum absolute atomic E-state index is 0.00830. The lowest BCUT2D eigenvalue weighted by Gasteiger charge is -2.30. The molecule has 3 rings (SSSR count). The first kappa shape index (κ1) is 15.5. The molecule has 0 N–H and O–H groups in total. The van der Waals surface area contributed by atoms with Gasteiger partial charge in [0.05, 0.1) is 18.1 Å². The number of fused-ring (bicyclic) bond motifs is 3. The van der Waals surface area contributed by atoms with Crippen LogP contribution in [0.3, 0.4) is 0 Å². The van der Waals surface area contributed by atoms with Gasteiger partial charge in [-0.1, -0.05) is 25.7 Å². The van der Waals surface area contributed by atoms with E-state index in [2.05, 4.69) is 13.2 Å². The first-order valence-corrected chi connectivity index (χ1v) is 8.06. The smallest absolute Gasteiger partial charge is 0.334 e. The Morgan fingerprint density at radius 3 is 2.55 bits per heavy atom. The van der Waals surface area contributed by atoms with Crippen molar-refractivity contribution < 1.29 is 19.1 Å². The van der Waals surface area contributed by atoms with E-state index in [0.717, 1.165) is 5.57 Å². The summed E-state index contributed by atoms with van der Waals surface area (Å²) < 4.78 is 11.7. The van der Waals surface area contributed by atoms with E-state index in [4.69, 9.17) is 9.47 Å². The number of hydrogen-bond acceptors (Lipinski definition) is 4. The normalized spacial score (nSPS) is 41.5. The van der Waals surface area contributed by atoms with E-state index in [9.17, 15) is 9.59 Å². The van der Waals surface area contributed by atoms with Crippen LogP contribution >= 0.6 is 0 Å². The lowest BCUT2D eigenvalue weighted by atomic mass is 9.79. The Morgan fingerprint density at radius 1 is 1.23 bits per heavy atom. The average molecular weight is 304 g/mol. The van der Waals surface area contributed by atoms with Gasteiger partial charge >= 0.3 is 5.97 Å². The van der Waals surface area contributed by atoms with Gasteiger partial charge in [0.25, 0.3) is 0 Å². The summed E-state index contributed by atoms with van der Waals surface area (Å²) >= 11 is 0. The molecule has 0 aromatic heterocycles. The van der Waals surface area contributed by atoms with Crippen molar-refractivity contribution in [3.8, 4) is 0 Å². The van der Waals surface area contributed by atoms with E-state index in [1.807, 2.05) is 20.8 Å². The van der Waals surface area contributed by atoms with Crippen molar-refractivity contribution in [3.63, 3.8) is 0 Å². The van der Waals surface area contributed by atoms with Crippen LogP contribution in [0.25, 0.3) is 0 Å². The standard InChI is InChI=1S/C18H24O4/c1-8(2)21-14-6-9(3)12-7-13(19)10(4)15(12)17-16(14)11(5)18(20)22-17/h8,10,12,14-17H,3,5-7H2,1-2,4H3. The summed E-state index contributed by atoms with van der Waals surface area (Å²) in [7, 11) is 0. The fourth-order valence-electron chi connectivity index (χ4n) is 4.41. The van der Waals surface area contributed by atoms with Crippen LogP contribution in [-0.4, -0.2) is 30.1 Å². The van der Waals surface area contributed by atoms with Crippen molar-refractivity contribution in [3.05, 3.63) is 24.3 Å². The summed E-state index contributed by atoms with van der Waals surface area (Å²) in [5, 5.41) is 0. The predicted molar refractivity (Wildman–Crippen MR) is 82.0 cm³/mol. The molecule has 1 saturated heterocycles. The summed E-state index contributed by atoms with van der Waals surface area (Å²) in [5.41, 5.74) is 1.53. The largest absolute Gasteiger partial charge is 0.458 e. The Morgan fingerprint density at radius 2 is 1.91 bits per heavy atom. The summed E-state index contributed by atoms with van der Waals surface area (Å²) in [4.78, 5) is 24.2. The highest BCUT2D eigenvalue weighted by atomic mass is 16.6. The topological polar surface area (TPSA) is 52.6 Å². The van der Waals surface area contributed by atoms with Crippen LogP contribution in [0.4, 0.5) is 0 Å². The van der Waals surface area contributed by atoms with Crippen molar-refractivity contribution in [2.24, 2.45) is 23.7 Å². The van der Waals surface area contributed by atoms with Gasteiger partial charge in [0.15, 0.2) is 0 Å². The number of hydrogen-bond donors (Lipinski definition) is 0. The SMILES string of the molecule is C=C1CC(OC(C)C)C2C(=C)C(=O)OC2C2C(C)C(=O)CC12. The average Bonchev–Trinajstić information content (AvgIpc) is 2.83. The van der Waals surface area contributed by atoms with E-state index in [1.165, 1.54) is 0 Å². The highest BCUT2D eigenvalue weighted by Crippen LogP contribution is 2.52. The zero-order valence-electron chi connectivity index (χ0n) is 13.5. The van der Waals surface area contributed by atoms with Gasteiger partial charge in [-0.25, -0.2) is 4.79 Å². The third-order valence-corrected chi connectivity index (χ3v) is 5.45. The summed E-state index contributed by atoms with van der Waals surface area (Å²) in [6.45, 7) is 14.0. The Bertz CT molecular complexity index is 547. The van der Waals surface area contributed by atoms with Crippen LogP contribution in [0.2, 0.25) is 0 Å². The quantitative estimate of drug-likeness (QED) is 0.447. The molecule has 1 aliphatic heterocycles. The second-order valence-electron chi connectivity index (χ2n) is 7.15. The third-order valence-electron chi connectivity index (χ3n) is 5.45. The second kappa shape index (κ2) is 5.34. The molecule has 3 aliphatic rings. The van der Waals surface area contributed by atoms with Crippen LogP contribution in [0.15, 0.2) is 24.3 Å². The van der Waals surface area contributed by atoms with E-state index < -0.39 is 0 Å². The number of esters is 1. The summed E-state index contributed by atoms with van der Waals surface area (Å²) in [6, 6.07) is 0. The molecule has 0 spiro atoms. The molecule has 4 nitrogen and oxygen atoms in total. The number of ether oxygens (including phenoxy) is 2. The zero-order chi connectivity index (χ0) is 16.2. The molecule has 0 radical (unpaired) electrons. The summed E-state index contributed by atoms with van der Waals surface area (Å²) in [5.74, 6) is -0.277. The van der Waals surface area contributed by atoms with E-state index in [0.29, 0.717) is 18.4 Å². The third kappa shape index (κ3) is 2.24. The molecule has 2 saturated carbocycles. The van der Waals surface area contributed by atoms with Crippen molar-refractivity contribution in [1.29, 1.82) is 0 Å². The molecule has 0 aromatic rings. The van der Waals surface area contributed by atoms with Gasteiger partial charge < -0.3 is 9.47 Å². The molecule has 6 unspecified atom stereocenters. The van der Waals surface area contributed by atoms with Crippen LogP contribution < -0.4 is 0 Å². The van der Waals surface area contributed by atoms with Crippen molar-refractivity contribution in [1.82, 2.24) is 0 Å². The van der Waals surface area contributed by atoms with E-state index in [1.54, 1.807) is 0 Å². The van der Waals surface area contributed by atoms with E-state index in [-0.39, 0.29) is 53.7 Å². The van der Waals surface area contributed by atoms with Crippen molar-refractivity contribution >= 4 is 11.8 Å². The van der Waals surface area contributed by atoms with Gasteiger partial charge in [0.2, 0.25) is 0 Å². The van der Waals surface area contributed by atoms with Gasteiger partial charge in [-0.3, -0.25) is 4.79 Å². The second-order valence-corrected chi connectivity index (χ2v) is 7.15. The van der Waals surface area contributed by atoms with E-state index >= 15 is 0 Å².